The summed E-state index contributed by atoms with van der Waals surface area (Å²) < 4.78 is 5.37. The van der Waals surface area contributed by atoms with Crippen molar-refractivity contribution < 1.29 is 4.42 Å². The molecule has 0 aliphatic rings. The van der Waals surface area contributed by atoms with E-state index in [1.807, 2.05) is 30.3 Å². The average molecular weight is 241 g/mol. The number of benzene rings is 1. The zero-order valence-corrected chi connectivity index (χ0v) is 10.7. The van der Waals surface area contributed by atoms with Crippen molar-refractivity contribution >= 4 is 5.88 Å². The van der Waals surface area contributed by atoms with Gasteiger partial charge in [-0.25, -0.2) is 0 Å². The molecule has 0 amide bonds. The van der Waals surface area contributed by atoms with E-state index in [2.05, 4.69) is 25.8 Å². The smallest absolute Gasteiger partial charge is 0.230 e. The number of nitrogens with two attached hydrogens (primary N) is 1. The van der Waals surface area contributed by atoms with Gasteiger partial charge in [-0.2, -0.15) is 10.2 Å². The Morgan fingerprint density at radius 1 is 1.28 bits per heavy atom. The van der Waals surface area contributed by atoms with E-state index >= 15 is 0 Å². The van der Waals surface area contributed by atoms with Gasteiger partial charge in [0.2, 0.25) is 17.5 Å². The van der Waals surface area contributed by atoms with E-state index in [-0.39, 0.29) is 17.0 Å². The summed E-state index contributed by atoms with van der Waals surface area (Å²) in [5.74, 6) is 0.464. The normalized spacial score (nSPS) is 11.2. The summed E-state index contributed by atoms with van der Waals surface area (Å²) in [4.78, 5) is 4.12. The number of rotatable bonds is 1. The number of nitriles is 1. The summed E-state index contributed by atoms with van der Waals surface area (Å²) in [5.41, 5.74) is 7.68. The second kappa shape index (κ2) is 4.19. The van der Waals surface area contributed by atoms with Crippen LogP contribution >= 0.6 is 0 Å². The van der Waals surface area contributed by atoms with Gasteiger partial charge in [0.1, 0.15) is 6.07 Å². The van der Waals surface area contributed by atoms with Crippen LogP contribution in [0.3, 0.4) is 0 Å². The quantitative estimate of drug-likeness (QED) is 0.832. The Balaban J connectivity index is 2.61. The Kier molecular flexibility index (Phi) is 2.84. The van der Waals surface area contributed by atoms with Crippen LogP contribution in [-0.4, -0.2) is 4.98 Å². The Morgan fingerprint density at radius 2 is 1.94 bits per heavy atom. The highest BCUT2D eigenvalue weighted by Crippen LogP contribution is 2.33. The van der Waals surface area contributed by atoms with Gasteiger partial charge in [0.05, 0.1) is 0 Å². The van der Waals surface area contributed by atoms with Gasteiger partial charge >= 0.3 is 0 Å². The molecule has 0 unspecified atom stereocenters. The molecular weight excluding hydrogens is 226 g/mol. The van der Waals surface area contributed by atoms with E-state index in [9.17, 15) is 0 Å². The Labute approximate surface area is 106 Å². The van der Waals surface area contributed by atoms with E-state index < -0.39 is 0 Å². The lowest BCUT2D eigenvalue weighted by Crippen LogP contribution is -2.12. The Morgan fingerprint density at radius 3 is 2.50 bits per heavy atom. The second-order valence-electron chi connectivity index (χ2n) is 5.14. The van der Waals surface area contributed by atoms with E-state index in [1.54, 1.807) is 0 Å². The minimum atomic E-state index is -0.0351. The summed E-state index contributed by atoms with van der Waals surface area (Å²) in [6, 6.07) is 9.75. The molecule has 1 aromatic carbocycles. The predicted octanol–water partition coefficient (Wildman–Crippen LogP) is 3.09. The molecule has 0 radical (unpaired) electrons. The van der Waals surface area contributed by atoms with Crippen LogP contribution in [0.2, 0.25) is 0 Å². The van der Waals surface area contributed by atoms with Crippen molar-refractivity contribution in [2.45, 2.75) is 26.2 Å². The largest absolute Gasteiger partial charge is 0.419 e. The third-order valence-electron chi connectivity index (χ3n) is 2.72. The highest BCUT2D eigenvalue weighted by atomic mass is 16.4. The molecule has 4 nitrogen and oxygen atoms in total. The molecule has 0 spiro atoms. The molecule has 0 fully saturated rings. The lowest BCUT2D eigenvalue weighted by atomic mass is 9.84. The summed E-state index contributed by atoms with van der Waals surface area (Å²) in [5, 5.41) is 8.86. The molecule has 18 heavy (non-hydrogen) atoms. The van der Waals surface area contributed by atoms with E-state index in [0.29, 0.717) is 5.89 Å². The first-order chi connectivity index (χ1) is 8.43. The molecule has 0 saturated carbocycles. The first-order valence-electron chi connectivity index (χ1n) is 5.70. The maximum atomic E-state index is 8.86. The molecule has 0 aliphatic carbocycles. The number of nitrogens with zero attached hydrogens (tertiary/aromatic N) is 2. The number of hydrogen-bond donors (Lipinski definition) is 1. The van der Waals surface area contributed by atoms with Crippen molar-refractivity contribution in [3.8, 4) is 17.5 Å². The van der Waals surface area contributed by atoms with Crippen LogP contribution < -0.4 is 5.73 Å². The third kappa shape index (κ3) is 2.07. The minimum Gasteiger partial charge on any atom is -0.419 e. The minimum absolute atomic E-state index is 0.0351. The number of hydrogen-bond acceptors (Lipinski definition) is 4. The topological polar surface area (TPSA) is 75.8 Å². The highest BCUT2D eigenvalue weighted by molar-refractivity contribution is 5.63. The van der Waals surface area contributed by atoms with Crippen molar-refractivity contribution in [2.75, 3.05) is 5.73 Å². The molecular formula is C14H15N3O. The van der Waals surface area contributed by atoms with Crippen molar-refractivity contribution in [3.63, 3.8) is 0 Å². The van der Waals surface area contributed by atoms with Gasteiger partial charge in [0, 0.05) is 5.56 Å². The van der Waals surface area contributed by atoms with Crippen LogP contribution in [0.4, 0.5) is 5.88 Å². The van der Waals surface area contributed by atoms with Gasteiger partial charge in [-0.3, -0.25) is 0 Å². The summed E-state index contributed by atoms with van der Waals surface area (Å²) in [6.45, 7) is 6.34. The monoisotopic (exact) mass is 241 g/mol. The van der Waals surface area contributed by atoms with Crippen molar-refractivity contribution in [1.82, 2.24) is 4.98 Å². The van der Waals surface area contributed by atoms with Crippen molar-refractivity contribution in [3.05, 3.63) is 35.5 Å². The summed E-state index contributed by atoms with van der Waals surface area (Å²) in [7, 11) is 0. The van der Waals surface area contributed by atoms with Gasteiger partial charge in [0.15, 0.2) is 0 Å². The molecule has 2 rings (SSSR count). The number of nitrogen functional groups attached to an aromatic ring is 1. The predicted molar refractivity (Wildman–Crippen MR) is 69.8 cm³/mol. The zero-order chi connectivity index (χ0) is 13.3. The fourth-order valence-electron chi connectivity index (χ4n) is 1.85. The molecule has 4 heteroatoms. The van der Waals surface area contributed by atoms with Crippen molar-refractivity contribution in [1.29, 1.82) is 5.26 Å². The molecule has 0 atom stereocenters. The average Bonchev–Trinajstić information content (AvgIpc) is 2.69. The first kappa shape index (κ1) is 12.2. The van der Waals surface area contributed by atoms with E-state index in [4.69, 9.17) is 15.4 Å². The lowest BCUT2D eigenvalue weighted by Gasteiger charge is -2.21. The van der Waals surface area contributed by atoms with Gasteiger partial charge in [0.25, 0.3) is 0 Å². The van der Waals surface area contributed by atoms with Crippen LogP contribution in [0.1, 0.15) is 32.0 Å². The van der Waals surface area contributed by atoms with Crippen LogP contribution in [0.5, 0.6) is 0 Å². The molecule has 1 heterocycles. The van der Waals surface area contributed by atoms with Gasteiger partial charge in [-0.1, -0.05) is 39.0 Å². The van der Waals surface area contributed by atoms with E-state index in [1.165, 1.54) is 0 Å². The molecule has 2 aromatic rings. The molecule has 92 valence electrons. The maximum Gasteiger partial charge on any atom is 0.230 e. The van der Waals surface area contributed by atoms with Gasteiger partial charge in [-0.15, -0.1) is 0 Å². The number of oxazole rings is 1. The third-order valence-corrected chi connectivity index (χ3v) is 2.72. The molecule has 0 saturated heterocycles. The Bertz CT molecular complexity index is 615. The highest BCUT2D eigenvalue weighted by Gasteiger charge is 2.21. The molecule has 0 bridgehead atoms. The zero-order valence-electron chi connectivity index (χ0n) is 10.7. The molecule has 0 aliphatic heterocycles. The summed E-state index contributed by atoms with van der Waals surface area (Å²) >= 11 is 0. The van der Waals surface area contributed by atoms with Crippen LogP contribution in [0.25, 0.3) is 11.5 Å². The standard InChI is InChI=1S/C14H15N3O/c1-14(2,3)10-7-5-4-6-9(10)13-17-11(8-15)12(16)18-13/h4-7H,16H2,1-3H3. The maximum absolute atomic E-state index is 8.86. The summed E-state index contributed by atoms with van der Waals surface area (Å²) in [6.07, 6.45) is 0. The van der Waals surface area contributed by atoms with Gasteiger partial charge < -0.3 is 10.2 Å². The van der Waals surface area contributed by atoms with Crippen LogP contribution in [0, 0.1) is 11.3 Å². The Hall–Kier alpha value is -2.28. The van der Waals surface area contributed by atoms with Crippen LogP contribution in [0.15, 0.2) is 28.7 Å². The fraction of sp³-hybridized carbons (Fsp3) is 0.286. The van der Waals surface area contributed by atoms with Gasteiger partial charge in [-0.05, 0) is 17.0 Å². The second-order valence-corrected chi connectivity index (χ2v) is 5.14. The van der Waals surface area contributed by atoms with Crippen LogP contribution in [-0.2, 0) is 5.41 Å². The number of anilines is 1. The van der Waals surface area contributed by atoms with E-state index in [0.717, 1.165) is 11.1 Å². The first-order valence-corrected chi connectivity index (χ1v) is 5.70. The molecule has 1 aromatic heterocycles. The molecule has 2 N–H and O–H groups in total. The lowest BCUT2D eigenvalue weighted by molar-refractivity contribution is 0.571. The fourth-order valence-corrected chi connectivity index (χ4v) is 1.85. The SMILES string of the molecule is CC(C)(C)c1ccccc1-c1nc(C#N)c(N)o1. The van der Waals surface area contributed by atoms with Crippen molar-refractivity contribution in [2.24, 2.45) is 0 Å². The number of aromatic nitrogens is 1.